The summed E-state index contributed by atoms with van der Waals surface area (Å²) >= 11 is 0. The van der Waals surface area contributed by atoms with Gasteiger partial charge in [0.15, 0.2) is 12.0 Å². The third-order valence-corrected chi connectivity index (χ3v) is 7.34. The van der Waals surface area contributed by atoms with Gasteiger partial charge in [-0.25, -0.2) is 13.5 Å². The van der Waals surface area contributed by atoms with Crippen molar-refractivity contribution in [1.29, 1.82) is 0 Å². The van der Waals surface area contributed by atoms with E-state index in [2.05, 4.69) is 20.6 Å². The molecule has 1 aliphatic carbocycles. The Hall–Kier alpha value is -3.40. The summed E-state index contributed by atoms with van der Waals surface area (Å²) in [7, 11) is 0. The summed E-state index contributed by atoms with van der Waals surface area (Å²) in [6, 6.07) is 9.13. The van der Waals surface area contributed by atoms with Gasteiger partial charge in [0.25, 0.3) is 6.43 Å². The largest absolute Gasteiger partial charge is 0.357 e. The second-order valence-corrected chi connectivity index (χ2v) is 9.87. The number of ether oxygens (including phenoxy) is 1. The average molecular weight is 512 g/mol. The smallest absolute Gasteiger partial charge is 0.282 e. The topological polar surface area (TPSA) is 102 Å². The minimum absolute atomic E-state index is 0.0235. The Labute approximate surface area is 213 Å². The Balaban J connectivity index is 1.32. The molecule has 0 bridgehead atoms. The zero-order chi connectivity index (χ0) is 25.9. The second kappa shape index (κ2) is 10.9. The number of nitrogens with zero attached hydrogens (tertiary/aromatic N) is 3. The summed E-state index contributed by atoms with van der Waals surface area (Å²) in [4.78, 5) is 26.8. The van der Waals surface area contributed by atoms with Crippen LogP contribution in [-0.2, 0) is 9.53 Å². The fraction of sp³-hybridized carbons (Fsp3) is 0.481. The van der Waals surface area contributed by atoms with Gasteiger partial charge in [-0.3, -0.25) is 14.7 Å². The van der Waals surface area contributed by atoms with Crippen LogP contribution in [0, 0.1) is 18.8 Å². The summed E-state index contributed by atoms with van der Waals surface area (Å²) in [6.07, 6.45) is 2.94. The molecule has 2 aliphatic rings. The molecule has 1 saturated heterocycles. The van der Waals surface area contributed by atoms with Crippen molar-refractivity contribution in [2.75, 3.05) is 11.9 Å². The monoisotopic (exact) mass is 511 g/mol. The van der Waals surface area contributed by atoms with Gasteiger partial charge in [-0.2, -0.15) is 10.2 Å². The molecular formula is C27H31F2N5O3. The van der Waals surface area contributed by atoms with Crippen LogP contribution in [-0.4, -0.2) is 38.3 Å². The van der Waals surface area contributed by atoms with E-state index in [9.17, 15) is 18.4 Å². The SMILES string of the molecule is Cc1cc(-c2ccc(C(=O)[C@@H]3CCCC[C@H]3C(=O)Nc3cnn(C4CCCCO4)c3C(F)F)cc2)n[nH]1. The number of carbonyl (C=O) groups excluding carboxylic acids is 2. The van der Waals surface area contributed by atoms with Gasteiger partial charge in [-0.05, 0) is 45.1 Å². The van der Waals surface area contributed by atoms with Crippen molar-refractivity contribution in [3.05, 3.63) is 53.5 Å². The number of carbonyl (C=O) groups is 2. The van der Waals surface area contributed by atoms with Crippen molar-refractivity contribution in [3.63, 3.8) is 0 Å². The molecule has 5 rings (SSSR count). The Morgan fingerprint density at radius 1 is 1.08 bits per heavy atom. The lowest BCUT2D eigenvalue weighted by molar-refractivity contribution is -0.122. The maximum Gasteiger partial charge on any atom is 0.282 e. The average Bonchev–Trinajstić information content (AvgIpc) is 3.55. The first-order valence-electron chi connectivity index (χ1n) is 12.9. The molecule has 37 heavy (non-hydrogen) atoms. The highest BCUT2D eigenvalue weighted by Gasteiger charge is 2.37. The van der Waals surface area contributed by atoms with Gasteiger partial charge in [0.05, 0.1) is 17.6 Å². The second-order valence-electron chi connectivity index (χ2n) is 9.87. The standard InChI is InChI=1S/C27H31F2N5O3/c1-16-14-21(33-32-16)17-9-11-18(12-10-17)25(35)19-6-2-3-7-20(19)27(36)31-22-15-30-34(24(22)26(28)29)23-8-4-5-13-37-23/h9-12,14-15,19-20,23,26H,2-8,13H2,1H3,(H,31,36)(H,32,33)/t19-,20-,23?/m1/s1. The molecule has 2 N–H and O–H groups in total. The van der Waals surface area contributed by atoms with Crippen LogP contribution in [0.25, 0.3) is 11.3 Å². The Kier molecular flexibility index (Phi) is 7.45. The third-order valence-electron chi connectivity index (χ3n) is 7.34. The zero-order valence-electron chi connectivity index (χ0n) is 20.8. The number of benzene rings is 1. The Morgan fingerprint density at radius 3 is 2.46 bits per heavy atom. The molecule has 3 aromatic rings. The fourth-order valence-corrected chi connectivity index (χ4v) is 5.40. The van der Waals surface area contributed by atoms with E-state index in [1.54, 1.807) is 12.1 Å². The number of anilines is 1. The predicted octanol–water partition coefficient (Wildman–Crippen LogP) is 5.85. The minimum atomic E-state index is -2.83. The lowest BCUT2D eigenvalue weighted by Gasteiger charge is -2.29. The number of Topliss-reactive ketones (excluding diaryl/α,β-unsaturated/α-hetero) is 1. The summed E-state index contributed by atoms with van der Waals surface area (Å²) in [5.41, 5.74) is 2.76. The van der Waals surface area contributed by atoms with E-state index in [4.69, 9.17) is 4.74 Å². The zero-order valence-corrected chi connectivity index (χ0v) is 20.8. The number of aryl methyl sites for hydroxylation is 1. The number of hydrogen-bond acceptors (Lipinski definition) is 5. The van der Waals surface area contributed by atoms with Crippen molar-refractivity contribution in [2.45, 2.75) is 64.5 Å². The first-order chi connectivity index (χ1) is 17.9. The van der Waals surface area contributed by atoms with Gasteiger partial charge in [0, 0.05) is 35.3 Å². The van der Waals surface area contributed by atoms with Gasteiger partial charge >= 0.3 is 0 Å². The van der Waals surface area contributed by atoms with E-state index in [1.807, 2.05) is 25.1 Å². The number of rotatable bonds is 7. The predicted molar refractivity (Wildman–Crippen MR) is 133 cm³/mol. The van der Waals surface area contributed by atoms with E-state index in [1.165, 1.54) is 10.9 Å². The summed E-state index contributed by atoms with van der Waals surface area (Å²) in [5.74, 6) is -1.65. The molecule has 8 nitrogen and oxygen atoms in total. The Bertz CT molecular complexity index is 1250. The first-order valence-corrected chi connectivity index (χ1v) is 12.9. The summed E-state index contributed by atoms with van der Waals surface area (Å²) in [6.45, 7) is 2.41. The van der Waals surface area contributed by atoms with Crippen LogP contribution >= 0.6 is 0 Å². The van der Waals surface area contributed by atoms with Crippen molar-refractivity contribution >= 4 is 17.4 Å². The van der Waals surface area contributed by atoms with Crippen LogP contribution in [0.3, 0.4) is 0 Å². The lowest BCUT2D eigenvalue weighted by atomic mass is 9.75. The van der Waals surface area contributed by atoms with Crippen molar-refractivity contribution < 1.29 is 23.1 Å². The normalized spacial score (nSPS) is 22.2. The van der Waals surface area contributed by atoms with Gasteiger partial charge in [0.1, 0.15) is 5.69 Å². The van der Waals surface area contributed by atoms with Crippen LogP contribution in [0.5, 0.6) is 0 Å². The highest BCUT2D eigenvalue weighted by molar-refractivity contribution is 6.03. The molecule has 10 heteroatoms. The van der Waals surface area contributed by atoms with E-state index >= 15 is 0 Å². The molecule has 3 atom stereocenters. The van der Waals surface area contributed by atoms with E-state index < -0.39 is 30.4 Å². The van der Waals surface area contributed by atoms with E-state index in [0.29, 0.717) is 31.4 Å². The third kappa shape index (κ3) is 5.34. The van der Waals surface area contributed by atoms with Crippen LogP contribution in [0.4, 0.5) is 14.5 Å². The molecule has 1 unspecified atom stereocenters. The van der Waals surface area contributed by atoms with Crippen LogP contribution in [0.2, 0.25) is 0 Å². The number of ketones is 1. The van der Waals surface area contributed by atoms with Crippen molar-refractivity contribution in [3.8, 4) is 11.3 Å². The number of hydrogen-bond donors (Lipinski definition) is 2. The number of halogens is 2. The number of aromatic amines is 1. The fourth-order valence-electron chi connectivity index (χ4n) is 5.40. The van der Waals surface area contributed by atoms with Gasteiger partial charge in [-0.15, -0.1) is 0 Å². The maximum atomic E-state index is 14.0. The molecule has 3 heterocycles. The molecule has 2 fully saturated rings. The summed E-state index contributed by atoms with van der Waals surface area (Å²) in [5, 5.41) is 13.9. The molecule has 0 radical (unpaired) electrons. The van der Waals surface area contributed by atoms with Gasteiger partial charge < -0.3 is 10.1 Å². The number of amides is 1. The molecule has 1 aliphatic heterocycles. The summed E-state index contributed by atoms with van der Waals surface area (Å²) < 4.78 is 34.9. The highest BCUT2D eigenvalue weighted by atomic mass is 19.3. The molecule has 2 aromatic heterocycles. The lowest BCUT2D eigenvalue weighted by Crippen LogP contribution is -2.36. The molecule has 196 valence electrons. The molecule has 1 amide bonds. The van der Waals surface area contributed by atoms with E-state index in [-0.39, 0.29) is 17.2 Å². The van der Waals surface area contributed by atoms with Crippen LogP contribution in [0.15, 0.2) is 36.5 Å². The quantitative estimate of drug-likeness (QED) is 0.388. The van der Waals surface area contributed by atoms with E-state index in [0.717, 1.165) is 42.6 Å². The van der Waals surface area contributed by atoms with Crippen LogP contribution in [0.1, 0.15) is 79.3 Å². The molecule has 0 spiro atoms. The number of H-pyrrole nitrogens is 1. The number of nitrogens with one attached hydrogen (secondary N) is 2. The number of alkyl halides is 2. The highest BCUT2D eigenvalue weighted by Crippen LogP contribution is 2.36. The first kappa shape index (κ1) is 25.3. The van der Waals surface area contributed by atoms with Gasteiger partial charge in [-0.1, -0.05) is 37.1 Å². The van der Waals surface area contributed by atoms with Crippen molar-refractivity contribution in [2.24, 2.45) is 11.8 Å². The van der Waals surface area contributed by atoms with Gasteiger partial charge in [0.2, 0.25) is 5.91 Å². The molecule has 1 aromatic carbocycles. The number of aromatic nitrogens is 4. The Morgan fingerprint density at radius 2 is 1.81 bits per heavy atom. The molecular weight excluding hydrogens is 480 g/mol. The van der Waals surface area contributed by atoms with Crippen molar-refractivity contribution in [1.82, 2.24) is 20.0 Å². The minimum Gasteiger partial charge on any atom is -0.357 e. The van der Waals surface area contributed by atoms with Crippen LogP contribution < -0.4 is 5.32 Å². The molecule has 1 saturated carbocycles. The maximum absolute atomic E-state index is 14.0.